The van der Waals surface area contributed by atoms with Crippen LogP contribution in [-0.4, -0.2) is 4.98 Å². The lowest BCUT2D eigenvalue weighted by molar-refractivity contribution is 0.759. The molecule has 4 heteroatoms. The van der Waals surface area contributed by atoms with Crippen LogP contribution in [0.3, 0.4) is 0 Å². The molecular weight excluding hydrogens is 246 g/mol. The van der Waals surface area contributed by atoms with E-state index in [-0.39, 0.29) is 0 Å². The lowest BCUT2D eigenvalue weighted by Gasteiger charge is -2.13. The Kier molecular flexibility index (Phi) is 3.72. The van der Waals surface area contributed by atoms with Crippen LogP contribution in [0.2, 0.25) is 5.02 Å². The van der Waals surface area contributed by atoms with Gasteiger partial charge < -0.3 is 11.5 Å². The topological polar surface area (TPSA) is 64.9 Å². The molecule has 0 aliphatic rings. The van der Waals surface area contributed by atoms with E-state index in [0.29, 0.717) is 16.8 Å². The van der Waals surface area contributed by atoms with Gasteiger partial charge in [-0.15, -0.1) is 0 Å². The van der Waals surface area contributed by atoms with E-state index in [9.17, 15) is 0 Å². The second-order valence-corrected chi connectivity index (χ2v) is 4.91. The van der Waals surface area contributed by atoms with Crippen molar-refractivity contribution in [2.75, 3.05) is 11.5 Å². The number of halogens is 1. The maximum atomic E-state index is 5.93. The summed E-state index contributed by atoms with van der Waals surface area (Å²) in [7, 11) is 0. The van der Waals surface area contributed by atoms with Crippen molar-refractivity contribution in [1.29, 1.82) is 0 Å². The molecule has 0 aliphatic carbocycles. The van der Waals surface area contributed by atoms with Gasteiger partial charge >= 0.3 is 0 Å². The largest absolute Gasteiger partial charge is 0.399 e. The number of nitrogens with zero attached hydrogens (tertiary/aromatic N) is 1. The van der Waals surface area contributed by atoms with Gasteiger partial charge in [-0.05, 0) is 41.7 Å². The van der Waals surface area contributed by atoms with Crippen LogP contribution in [-0.2, 0) is 6.42 Å². The molecule has 1 aromatic heterocycles. The van der Waals surface area contributed by atoms with E-state index in [1.165, 1.54) is 5.56 Å². The van der Waals surface area contributed by atoms with E-state index in [0.717, 1.165) is 17.7 Å². The van der Waals surface area contributed by atoms with Crippen LogP contribution in [0, 0.1) is 0 Å². The number of pyridine rings is 1. The summed E-state index contributed by atoms with van der Waals surface area (Å²) in [4.78, 5) is 4.06. The average Bonchev–Trinajstić information content (AvgIpc) is 2.34. The Morgan fingerprint density at radius 3 is 2.78 bits per heavy atom. The Hall–Kier alpha value is -1.74. The maximum absolute atomic E-state index is 5.93. The summed E-state index contributed by atoms with van der Waals surface area (Å²) in [6, 6.07) is 9.76. The van der Waals surface area contributed by atoms with Gasteiger partial charge in [-0.25, -0.2) is 4.98 Å². The van der Waals surface area contributed by atoms with Gasteiger partial charge in [0.1, 0.15) is 5.82 Å². The number of hydrogen-bond acceptors (Lipinski definition) is 3. The molecule has 4 N–H and O–H groups in total. The molecule has 0 bridgehead atoms. The van der Waals surface area contributed by atoms with Crippen LogP contribution in [0.15, 0.2) is 36.5 Å². The molecule has 1 aromatic carbocycles. The maximum Gasteiger partial charge on any atom is 0.126 e. The Balaban J connectivity index is 2.21. The predicted octanol–water partition coefficient (Wildman–Crippen LogP) is 3.25. The van der Waals surface area contributed by atoms with E-state index >= 15 is 0 Å². The van der Waals surface area contributed by atoms with Gasteiger partial charge in [-0.1, -0.05) is 30.7 Å². The fraction of sp³-hybridized carbons (Fsp3) is 0.214. The van der Waals surface area contributed by atoms with Crippen molar-refractivity contribution in [1.82, 2.24) is 4.98 Å². The molecule has 1 heterocycles. The molecule has 0 aliphatic heterocycles. The van der Waals surface area contributed by atoms with Crippen molar-refractivity contribution in [2.24, 2.45) is 0 Å². The zero-order valence-electron chi connectivity index (χ0n) is 10.2. The summed E-state index contributed by atoms with van der Waals surface area (Å²) in [6.07, 6.45) is 2.36. The zero-order valence-corrected chi connectivity index (χ0v) is 11.0. The first-order valence-corrected chi connectivity index (χ1v) is 6.19. The molecule has 94 valence electrons. The van der Waals surface area contributed by atoms with Crippen molar-refractivity contribution in [3.05, 3.63) is 52.7 Å². The fourth-order valence-corrected chi connectivity index (χ4v) is 2.15. The summed E-state index contributed by atoms with van der Waals surface area (Å²) in [5.74, 6) is 0.853. The first-order chi connectivity index (χ1) is 8.56. The van der Waals surface area contributed by atoms with Gasteiger partial charge in [0.15, 0.2) is 0 Å². The smallest absolute Gasteiger partial charge is 0.126 e. The molecule has 0 unspecified atom stereocenters. The third kappa shape index (κ3) is 2.93. The third-order valence-electron chi connectivity index (χ3n) is 2.97. The SMILES string of the molecule is C[C@@H](Cc1cc(Cl)cnc1N)c1cccc(N)c1. The van der Waals surface area contributed by atoms with Crippen LogP contribution in [0.1, 0.15) is 24.0 Å². The number of rotatable bonds is 3. The molecule has 0 radical (unpaired) electrons. The minimum absolute atomic E-state index is 0.316. The quantitative estimate of drug-likeness (QED) is 0.834. The van der Waals surface area contributed by atoms with E-state index in [4.69, 9.17) is 23.1 Å². The summed E-state index contributed by atoms with van der Waals surface area (Å²) in [5, 5.41) is 0.610. The van der Waals surface area contributed by atoms with Gasteiger partial charge in [0.25, 0.3) is 0 Å². The summed E-state index contributed by atoms with van der Waals surface area (Å²) < 4.78 is 0. The number of nitrogen functional groups attached to an aromatic ring is 2. The van der Waals surface area contributed by atoms with Gasteiger partial charge in [0, 0.05) is 11.9 Å². The van der Waals surface area contributed by atoms with Crippen molar-refractivity contribution in [2.45, 2.75) is 19.3 Å². The van der Waals surface area contributed by atoms with Crippen molar-refractivity contribution in [3.8, 4) is 0 Å². The second-order valence-electron chi connectivity index (χ2n) is 4.47. The third-order valence-corrected chi connectivity index (χ3v) is 3.18. The number of aromatic nitrogens is 1. The lowest BCUT2D eigenvalue weighted by atomic mass is 9.94. The summed E-state index contributed by atoms with van der Waals surface area (Å²) >= 11 is 5.93. The van der Waals surface area contributed by atoms with E-state index in [2.05, 4.69) is 18.0 Å². The van der Waals surface area contributed by atoms with Crippen LogP contribution in [0.25, 0.3) is 0 Å². The minimum atomic E-state index is 0.316. The molecule has 0 fully saturated rings. The fourth-order valence-electron chi connectivity index (χ4n) is 1.97. The molecule has 2 rings (SSSR count). The van der Waals surface area contributed by atoms with Gasteiger partial charge in [0.05, 0.1) is 5.02 Å². The first kappa shape index (κ1) is 12.7. The molecule has 18 heavy (non-hydrogen) atoms. The highest BCUT2D eigenvalue weighted by Gasteiger charge is 2.10. The molecular formula is C14H16ClN3. The van der Waals surface area contributed by atoms with Gasteiger partial charge in [0.2, 0.25) is 0 Å². The molecule has 0 saturated carbocycles. The van der Waals surface area contributed by atoms with Crippen LogP contribution in [0.5, 0.6) is 0 Å². The Labute approximate surface area is 112 Å². The molecule has 1 atom stereocenters. The second kappa shape index (κ2) is 5.27. The summed E-state index contributed by atoms with van der Waals surface area (Å²) in [5.41, 5.74) is 14.6. The lowest BCUT2D eigenvalue weighted by Crippen LogP contribution is -2.04. The Morgan fingerprint density at radius 1 is 1.28 bits per heavy atom. The monoisotopic (exact) mass is 261 g/mol. The van der Waals surface area contributed by atoms with Crippen molar-refractivity contribution < 1.29 is 0 Å². The molecule has 3 nitrogen and oxygen atoms in total. The highest BCUT2D eigenvalue weighted by Crippen LogP contribution is 2.25. The van der Waals surface area contributed by atoms with E-state index in [1.54, 1.807) is 6.20 Å². The Morgan fingerprint density at radius 2 is 2.06 bits per heavy atom. The normalized spacial score (nSPS) is 12.3. The Bertz CT molecular complexity index is 554. The van der Waals surface area contributed by atoms with Gasteiger partial charge in [-0.2, -0.15) is 0 Å². The van der Waals surface area contributed by atoms with Crippen molar-refractivity contribution in [3.63, 3.8) is 0 Å². The first-order valence-electron chi connectivity index (χ1n) is 5.81. The minimum Gasteiger partial charge on any atom is -0.399 e. The highest BCUT2D eigenvalue weighted by atomic mass is 35.5. The molecule has 0 amide bonds. The van der Waals surface area contributed by atoms with Crippen LogP contribution >= 0.6 is 11.6 Å². The van der Waals surface area contributed by atoms with E-state index in [1.807, 2.05) is 24.3 Å². The average molecular weight is 262 g/mol. The van der Waals surface area contributed by atoms with Gasteiger partial charge in [-0.3, -0.25) is 0 Å². The predicted molar refractivity (Wildman–Crippen MR) is 76.6 cm³/mol. The standard InChI is InChI=1S/C14H16ClN3/c1-9(10-3-2-4-13(16)7-10)5-11-6-12(15)8-18-14(11)17/h2-4,6-9H,5,16H2,1H3,(H2,17,18)/t9-/m0/s1. The van der Waals surface area contributed by atoms with E-state index < -0.39 is 0 Å². The number of nitrogens with two attached hydrogens (primary N) is 2. The molecule has 2 aromatic rings. The van der Waals surface area contributed by atoms with Crippen LogP contribution < -0.4 is 11.5 Å². The number of anilines is 2. The van der Waals surface area contributed by atoms with Crippen molar-refractivity contribution >= 4 is 23.1 Å². The molecule has 0 spiro atoms. The number of hydrogen-bond donors (Lipinski definition) is 2. The number of benzene rings is 1. The molecule has 0 saturated heterocycles. The summed E-state index contributed by atoms with van der Waals surface area (Å²) in [6.45, 7) is 2.13. The highest BCUT2D eigenvalue weighted by molar-refractivity contribution is 6.30. The van der Waals surface area contributed by atoms with Crippen LogP contribution in [0.4, 0.5) is 11.5 Å². The zero-order chi connectivity index (χ0) is 13.1.